The van der Waals surface area contributed by atoms with Crippen LogP contribution in [0.3, 0.4) is 0 Å². The van der Waals surface area contributed by atoms with Gasteiger partial charge in [-0.15, -0.1) is 6.58 Å². The van der Waals surface area contributed by atoms with Crippen molar-refractivity contribution in [3.05, 3.63) is 12.7 Å². The van der Waals surface area contributed by atoms with Gasteiger partial charge in [0.15, 0.2) is 0 Å². The smallest absolute Gasteiger partial charge is 0.238 e. The molecule has 0 spiro atoms. The maximum atomic E-state index is 11.2. The number of carbonyl (C=O) groups excluding carboxylic acids is 1. The highest BCUT2D eigenvalue weighted by atomic mass is 16.2. The first-order chi connectivity index (χ1) is 5.57. The van der Waals surface area contributed by atoms with Crippen LogP contribution in [0.4, 0.5) is 0 Å². The SMILES string of the molecule is C=CCNC(=O)C(C)NN(C)C. The Balaban J connectivity index is 3.68. The minimum atomic E-state index is -0.208. The summed E-state index contributed by atoms with van der Waals surface area (Å²) >= 11 is 0. The zero-order chi connectivity index (χ0) is 9.56. The van der Waals surface area contributed by atoms with E-state index in [-0.39, 0.29) is 11.9 Å². The van der Waals surface area contributed by atoms with Crippen LogP contribution in [0.15, 0.2) is 12.7 Å². The molecule has 0 aromatic heterocycles. The van der Waals surface area contributed by atoms with E-state index in [0.29, 0.717) is 6.54 Å². The molecule has 1 unspecified atom stereocenters. The van der Waals surface area contributed by atoms with Crippen LogP contribution >= 0.6 is 0 Å². The standard InChI is InChI=1S/C8H17N3O/c1-5-6-9-8(12)7(2)10-11(3)4/h5,7,10H,1,6H2,2-4H3,(H,9,12). The summed E-state index contributed by atoms with van der Waals surface area (Å²) in [7, 11) is 3.69. The number of carbonyl (C=O) groups is 1. The van der Waals surface area contributed by atoms with E-state index < -0.39 is 0 Å². The molecule has 2 N–H and O–H groups in total. The monoisotopic (exact) mass is 171 g/mol. The average molecular weight is 171 g/mol. The lowest BCUT2D eigenvalue weighted by atomic mass is 10.3. The van der Waals surface area contributed by atoms with E-state index in [1.54, 1.807) is 18.0 Å². The van der Waals surface area contributed by atoms with Gasteiger partial charge < -0.3 is 5.32 Å². The molecule has 4 heteroatoms. The molecule has 12 heavy (non-hydrogen) atoms. The van der Waals surface area contributed by atoms with Gasteiger partial charge in [-0.05, 0) is 6.92 Å². The summed E-state index contributed by atoms with van der Waals surface area (Å²) in [4.78, 5) is 11.2. The zero-order valence-electron chi connectivity index (χ0n) is 7.92. The molecule has 0 heterocycles. The van der Waals surface area contributed by atoms with Gasteiger partial charge in [0, 0.05) is 20.6 Å². The van der Waals surface area contributed by atoms with Crippen molar-refractivity contribution in [1.29, 1.82) is 0 Å². The first-order valence-electron chi connectivity index (χ1n) is 3.90. The summed E-state index contributed by atoms with van der Waals surface area (Å²) in [6.45, 7) is 5.82. The van der Waals surface area contributed by atoms with Crippen molar-refractivity contribution in [2.24, 2.45) is 0 Å². The summed E-state index contributed by atoms with van der Waals surface area (Å²) < 4.78 is 0. The van der Waals surface area contributed by atoms with E-state index in [1.165, 1.54) is 0 Å². The van der Waals surface area contributed by atoms with Crippen LogP contribution in [0.25, 0.3) is 0 Å². The molecule has 0 aliphatic carbocycles. The van der Waals surface area contributed by atoms with Gasteiger partial charge in [-0.3, -0.25) is 4.79 Å². The highest BCUT2D eigenvalue weighted by Crippen LogP contribution is 1.81. The number of rotatable bonds is 5. The fraction of sp³-hybridized carbons (Fsp3) is 0.625. The predicted octanol–water partition coefficient (Wildman–Crippen LogP) is -0.257. The molecule has 0 saturated heterocycles. The van der Waals surface area contributed by atoms with Crippen LogP contribution in [0, 0.1) is 0 Å². The topological polar surface area (TPSA) is 44.4 Å². The van der Waals surface area contributed by atoms with E-state index in [9.17, 15) is 4.79 Å². The van der Waals surface area contributed by atoms with Crippen LogP contribution in [-0.2, 0) is 4.79 Å². The number of hydrogen-bond acceptors (Lipinski definition) is 3. The first-order valence-corrected chi connectivity index (χ1v) is 3.90. The van der Waals surface area contributed by atoms with Crippen molar-refractivity contribution < 1.29 is 4.79 Å². The molecule has 0 aromatic rings. The quantitative estimate of drug-likeness (QED) is 0.442. The Labute approximate surface area is 73.6 Å². The Morgan fingerprint density at radius 3 is 2.67 bits per heavy atom. The molecule has 0 aliphatic rings. The number of hydrazine groups is 1. The van der Waals surface area contributed by atoms with Gasteiger partial charge in [0.05, 0.1) is 6.04 Å². The number of amides is 1. The summed E-state index contributed by atoms with van der Waals surface area (Å²) in [5, 5.41) is 4.44. The molecule has 0 bridgehead atoms. The van der Waals surface area contributed by atoms with Crippen molar-refractivity contribution >= 4 is 5.91 Å². The lowest BCUT2D eigenvalue weighted by Gasteiger charge is -2.18. The Kier molecular flexibility index (Phi) is 5.32. The van der Waals surface area contributed by atoms with Crippen LogP contribution in [0.1, 0.15) is 6.92 Å². The highest BCUT2D eigenvalue weighted by molar-refractivity contribution is 5.81. The number of nitrogens with one attached hydrogen (secondary N) is 2. The fourth-order valence-corrected chi connectivity index (χ4v) is 0.772. The van der Waals surface area contributed by atoms with Gasteiger partial charge >= 0.3 is 0 Å². The summed E-state index contributed by atoms with van der Waals surface area (Å²) in [6, 6.07) is -0.208. The van der Waals surface area contributed by atoms with Crippen LogP contribution in [0.5, 0.6) is 0 Å². The molecule has 0 aliphatic heterocycles. The predicted molar refractivity (Wildman–Crippen MR) is 49.5 cm³/mol. The van der Waals surface area contributed by atoms with Crippen LogP contribution in [-0.4, -0.2) is 37.6 Å². The lowest BCUT2D eigenvalue weighted by molar-refractivity contribution is -0.123. The van der Waals surface area contributed by atoms with Crippen LogP contribution < -0.4 is 10.7 Å². The third-order valence-electron chi connectivity index (χ3n) is 1.27. The third kappa shape index (κ3) is 4.87. The fourth-order valence-electron chi connectivity index (χ4n) is 0.772. The Hall–Kier alpha value is -0.870. The number of nitrogens with zero attached hydrogens (tertiary/aromatic N) is 1. The van der Waals surface area contributed by atoms with Crippen molar-refractivity contribution in [2.75, 3.05) is 20.6 Å². The van der Waals surface area contributed by atoms with Gasteiger partial charge in [-0.25, -0.2) is 10.4 Å². The maximum absolute atomic E-state index is 11.2. The Morgan fingerprint density at radius 1 is 1.67 bits per heavy atom. The molecule has 0 saturated carbocycles. The molecule has 0 rings (SSSR count). The molecule has 70 valence electrons. The zero-order valence-corrected chi connectivity index (χ0v) is 7.92. The van der Waals surface area contributed by atoms with Gasteiger partial charge in [0.25, 0.3) is 0 Å². The molecular weight excluding hydrogens is 154 g/mol. The lowest BCUT2D eigenvalue weighted by Crippen LogP contribution is -2.47. The van der Waals surface area contributed by atoms with Crippen molar-refractivity contribution in [3.8, 4) is 0 Å². The second kappa shape index (κ2) is 5.74. The minimum absolute atomic E-state index is 0.0244. The minimum Gasteiger partial charge on any atom is -0.351 e. The molecule has 0 fully saturated rings. The van der Waals surface area contributed by atoms with E-state index in [4.69, 9.17) is 0 Å². The van der Waals surface area contributed by atoms with E-state index >= 15 is 0 Å². The van der Waals surface area contributed by atoms with E-state index in [2.05, 4.69) is 17.3 Å². The Morgan fingerprint density at radius 2 is 2.25 bits per heavy atom. The van der Waals surface area contributed by atoms with Gasteiger partial charge in [-0.1, -0.05) is 6.08 Å². The molecule has 0 aromatic carbocycles. The second-order valence-electron chi connectivity index (χ2n) is 2.78. The van der Waals surface area contributed by atoms with Crippen molar-refractivity contribution in [3.63, 3.8) is 0 Å². The van der Waals surface area contributed by atoms with Crippen LogP contribution in [0.2, 0.25) is 0 Å². The number of hydrogen-bond donors (Lipinski definition) is 2. The first kappa shape index (κ1) is 11.1. The van der Waals surface area contributed by atoms with Crippen molar-refractivity contribution in [1.82, 2.24) is 15.8 Å². The second-order valence-corrected chi connectivity index (χ2v) is 2.78. The van der Waals surface area contributed by atoms with Gasteiger partial charge in [-0.2, -0.15) is 0 Å². The average Bonchev–Trinajstić information content (AvgIpc) is 1.98. The summed E-state index contributed by atoms with van der Waals surface area (Å²) in [5.41, 5.74) is 2.94. The maximum Gasteiger partial charge on any atom is 0.238 e. The third-order valence-corrected chi connectivity index (χ3v) is 1.27. The Bertz CT molecular complexity index is 156. The molecule has 1 atom stereocenters. The molecule has 0 radical (unpaired) electrons. The largest absolute Gasteiger partial charge is 0.351 e. The molecule has 4 nitrogen and oxygen atoms in total. The van der Waals surface area contributed by atoms with Gasteiger partial charge in [0.1, 0.15) is 0 Å². The summed E-state index contributed by atoms with van der Waals surface area (Å²) in [5.74, 6) is -0.0244. The van der Waals surface area contributed by atoms with Gasteiger partial charge in [0.2, 0.25) is 5.91 Å². The molecular formula is C8H17N3O. The normalized spacial score (nSPS) is 12.7. The summed E-state index contributed by atoms with van der Waals surface area (Å²) in [6.07, 6.45) is 1.65. The van der Waals surface area contributed by atoms with Crippen molar-refractivity contribution in [2.45, 2.75) is 13.0 Å². The van der Waals surface area contributed by atoms with E-state index in [0.717, 1.165) is 0 Å². The van der Waals surface area contributed by atoms with E-state index in [1.807, 2.05) is 14.1 Å². The molecule has 1 amide bonds. The highest BCUT2D eigenvalue weighted by Gasteiger charge is 2.10.